The van der Waals surface area contributed by atoms with Gasteiger partial charge in [-0.25, -0.2) is 0 Å². The monoisotopic (exact) mass is 425 g/mol. The lowest BCUT2D eigenvalue weighted by molar-refractivity contribution is 0.0626. The Morgan fingerprint density at radius 2 is 1.91 bits per heavy atom. The summed E-state index contributed by atoms with van der Waals surface area (Å²) < 4.78 is 6.23. The lowest BCUT2D eigenvalue weighted by Crippen LogP contribution is -2.48. The van der Waals surface area contributed by atoms with Gasteiger partial charge >= 0.3 is 0 Å². The summed E-state index contributed by atoms with van der Waals surface area (Å²) in [5, 5.41) is 4.01. The van der Waals surface area contributed by atoms with E-state index in [9.17, 15) is 4.79 Å². The summed E-state index contributed by atoms with van der Waals surface area (Å²) in [5.74, 6) is 1.02. The Hall–Kier alpha value is -1.41. The number of halogens is 1. The van der Waals surface area contributed by atoms with Crippen molar-refractivity contribution >= 4 is 28.5 Å². The number of hydrogen-bond donors (Lipinski definition) is 0. The van der Waals surface area contributed by atoms with E-state index in [4.69, 9.17) is 4.52 Å². The van der Waals surface area contributed by atoms with Gasteiger partial charge in [0.2, 0.25) is 0 Å². The molecule has 0 atom stereocenters. The van der Waals surface area contributed by atoms with Crippen LogP contribution in [-0.4, -0.2) is 47.0 Å². The molecule has 0 radical (unpaired) electrons. The molecule has 0 saturated carbocycles. The molecule has 0 bridgehead atoms. The van der Waals surface area contributed by atoms with Crippen LogP contribution in [0.15, 0.2) is 28.8 Å². The summed E-state index contributed by atoms with van der Waals surface area (Å²) in [7, 11) is 0. The third-order valence-corrected chi connectivity index (χ3v) is 5.27. The standard InChI is InChI=1S/C17H20IN3O2/c1-12-15(13(2)23-19-12)11-20-7-9-21(10-8-20)17(22)14-5-3-4-6-16(14)18/h3-6H,7-11H2,1-2H3. The summed E-state index contributed by atoms with van der Waals surface area (Å²) >= 11 is 2.22. The van der Waals surface area contributed by atoms with Gasteiger partial charge in [-0.1, -0.05) is 17.3 Å². The number of carbonyl (C=O) groups is 1. The van der Waals surface area contributed by atoms with Crippen molar-refractivity contribution in [3.8, 4) is 0 Å². The quantitative estimate of drug-likeness (QED) is 0.710. The summed E-state index contributed by atoms with van der Waals surface area (Å²) in [6.45, 7) is 8.03. The van der Waals surface area contributed by atoms with E-state index < -0.39 is 0 Å². The number of benzene rings is 1. The van der Waals surface area contributed by atoms with E-state index in [0.717, 1.165) is 53.3 Å². The molecule has 1 fully saturated rings. The van der Waals surface area contributed by atoms with Gasteiger partial charge in [0.1, 0.15) is 5.76 Å². The maximum Gasteiger partial charge on any atom is 0.255 e. The second-order valence-electron chi connectivity index (χ2n) is 5.85. The molecular weight excluding hydrogens is 405 g/mol. The Morgan fingerprint density at radius 1 is 1.22 bits per heavy atom. The number of piperazine rings is 1. The number of hydrogen-bond acceptors (Lipinski definition) is 4. The van der Waals surface area contributed by atoms with Crippen LogP contribution in [0.2, 0.25) is 0 Å². The average molecular weight is 425 g/mol. The Morgan fingerprint density at radius 3 is 2.52 bits per heavy atom. The van der Waals surface area contributed by atoms with Crippen LogP contribution in [0.1, 0.15) is 27.4 Å². The zero-order valence-corrected chi connectivity index (χ0v) is 15.5. The fraction of sp³-hybridized carbons (Fsp3) is 0.412. The Bertz CT molecular complexity index is 686. The fourth-order valence-corrected chi connectivity index (χ4v) is 3.48. The molecule has 122 valence electrons. The third-order valence-electron chi connectivity index (χ3n) is 4.33. The van der Waals surface area contributed by atoms with Crippen LogP contribution in [0.25, 0.3) is 0 Å². The maximum absolute atomic E-state index is 12.6. The van der Waals surface area contributed by atoms with E-state index >= 15 is 0 Å². The van der Waals surface area contributed by atoms with E-state index in [0.29, 0.717) is 0 Å². The summed E-state index contributed by atoms with van der Waals surface area (Å²) in [5.41, 5.74) is 2.93. The van der Waals surface area contributed by atoms with E-state index in [1.54, 1.807) is 0 Å². The third kappa shape index (κ3) is 3.58. The first kappa shape index (κ1) is 16.4. The highest BCUT2D eigenvalue weighted by molar-refractivity contribution is 14.1. The molecule has 1 aromatic carbocycles. The smallest absolute Gasteiger partial charge is 0.255 e. The van der Waals surface area contributed by atoms with E-state index in [1.807, 2.05) is 43.0 Å². The van der Waals surface area contributed by atoms with Gasteiger partial charge in [0.15, 0.2) is 0 Å². The lowest BCUT2D eigenvalue weighted by Gasteiger charge is -2.34. The van der Waals surface area contributed by atoms with Crippen LogP contribution >= 0.6 is 22.6 Å². The normalized spacial score (nSPS) is 15.9. The number of nitrogens with zero attached hydrogens (tertiary/aromatic N) is 3. The van der Waals surface area contributed by atoms with Crippen LogP contribution in [-0.2, 0) is 6.54 Å². The number of rotatable bonds is 3. The van der Waals surface area contributed by atoms with Crippen LogP contribution in [0, 0.1) is 17.4 Å². The molecule has 0 aliphatic carbocycles. The summed E-state index contributed by atoms with van der Waals surface area (Å²) in [6.07, 6.45) is 0. The van der Waals surface area contributed by atoms with Gasteiger partial charge in [-0.15, -0.1) is 0 Å². The van der Waals surface area contributed by atoms with Gasteiger partial charge in [0, 0.05) is 41.9 Å². The van der Waals surface area contributed by atoms with E-state index in [-0.39, 0.29) is 5.91 Å². The van der Waals surface area contributed by atoms with E-state index in [1.165, 1.54) is 5.56 Å². The Balaban J connectivity index is 1.60. The molecule has 1 amide bonds. The Kier molecular flexibility index (Phi) is 5.01. The molecule has 0 N–H and O–H groups in total. The van der Waals surface area contributed by atoms with Gasteiger partial charge in [0.05, 0.1) is 11.3 Å². The summed E-state index contributed by atoms with van der Waals surface area (Å²) in [4.78, 5) is 16.9. The van der Waals surface area contributed by atoms with Crippen LogP contribution in [0.5, 0.6) is 0 Å². The second-order valence-corrected chi connectivity index (χ2v) is 7.01. The average Bonchev–Trinajstić information content (AvgIpc) is 2.87. The molecule has 3 rings (SSSR count). The molecule has 0 unspecified atom stereocenters. The van der Waals surface area contributed by atoms with Gasteiger partial charge in [-0.2, -0.15) is 0 Å². The molecule has 6 heteroatoms. The molecule has 1 saturated heterocycles. The van der Waals surface area contributed by atoms with Gasteiger partial charge in [-0.05, 0) is 48.6 Å². The summed E-state index contributed by atoms with van der Waals surface area (Å²) in [6, 6.07) is 7.76. The van der Waals surface area contributed by atoms with Gasteiger partial charge in [0.25, 0.3) is 5.91 Å². The minimum Gasteiger partial charge on any atom is -0.361 e. The van der Waals surface area contributed by atoms with Crippen LogP contribution in [0.4, 0.5) is 0 Å². The number of aryl methyl sites for hydroxylation is 2. The molecule has 23 heavy (non-hydrogen) atoms. The number of aromatic nitrogens is 1. The Labute approximate surface area is 149 Å². The SMILES string of the molecule is Cc1noc(C)c1CN1CCN(C(=O)c2ccccc2I)CC1. The highest BCUT2D eigenvalue weighted by atomic mass is 127. The topological polar surface area (TPSA) is 49.6 Å². The largest absolute Gasteiger partial charge is 0.361 e. The minimum absolute atomic E-state index is 0.131. The van der Waals surface area contributed by atoms with Crippen molar-refractivity contribution in [3.63, 3.8) is 0 Å². The van der Waals surface area contributed by atoms with Gasteiger partial charge < -0.3 is 9.42 Å². The van der Waals surface area contributed by atoms with Gasteiger partial charge in [-0.3, -0.25) is 9.69 Å². The molecule has 2 aromatic rings. The van der Waals surface area contributed by atoms with Crippen molar-refractivity contribution in [1.82, 2.24) is 15.0 Å². The molecule has 1 aromatic heterocycles. The van der Waals surface area contributed by atoms with Crippen LogP contribution < -0.4 is 0 Å². The molecule has 1 aliphatic rings. The second kappa shape index (κ2) is 7.00. The lowest BCUT2D eigenvalue weighted by atomic mass is 10.1. The highest BCUT2D eigenvalue weighted by Crippen LogP contribution is 2.18. The predicted molar refractivity (Wildman–Crippen MR) is 96.3 cm³/mol. The number of amides is 1. The maximum atomic E-state index is 12.6. The fourth-order valence-electron chi connectivity index (χ4n) is 2.87. The molecule has 1 aliphatic heterocycles. The first-order valence-electron chi connectivity index (χ1n) is 7.74. The van der Waals surface area contributed by atoms with Crippen LogP contribution in [0.3, 0.4) is 0 Å². The zero-order valence-electron chi connectivity index (χ0n) is 13.4. The van der Waals surface area contributed by atoms with Crippen molar-refractivity contribution in [2.75, 3.05) is 26.2 Å². The van der Waals surface area contributed by atoms with Crippen molar-refractivity contribution in [1.29, 1.82) is 0 Å². The highest BCUT2D eigenvalue weighted by Gasteiger charge is 2.24. The van der Waals surface area contributed by atoms with Crippen molar-refractivity contribution < 1.29 is 9.32 Å². The predicted octanol–water partition coefficient (Wildman–Crippen LogP) is 2.85. The van der Waals surface area contributed by atoms with E-state index in [2.05, 4.69) is 32.6 Å². The van der Waals surface area contributed by atoms with Crippen molar-refractivity contribution in [3.05, 3.63) is 50.4 Å². The van der Waals surface area contributed by atoms with Crippen molar-refractivity contribution in [2.24, 2.45) is 0 Å². The molecular formula is C17H20IN3O2. The van der Waals surface area contributed by atoms with Crippen molar-refractivity contribution in [2.45, 2.75) is 20.4 Å². The minimum atomic E-state index is 0.131. The first-order valence-corrected chi connectivity index (χ1v) is 8.82. The number of carbonyl (C=O) groups excluding carboxylic acids is 1. The zero-order chi connectivity index (χ0) is 16.4. The molecule has 0 spiro atoms. The molecule has 2 heterocycles. The first-order chi connectivity index (χ1) is 11.1. The molecule has 5 nitrogen and oxygen atoms in total.